The Labute approximate surface area is 190 Å². The second-order valence-corrected chi connectivity index (χ2v) is 17.6. The van der Waals surface area contributed by atoms with Crippen LogP contribution in [0.5, 0.6) is 0 Å². The first-order valence-electron chi connectivity index (χ1n) is 12.0. The molecule has 1 aromatic carbocycles. The minimum absolute atomic E-state index is 1.26. The van der Waals surface area contributed by atoms with Crippen LogP contribution in [0.15, 0.2) is 35.2 Å². The average Bonchev–Trinajstić information content (AvgIpc) is 2.73. The third-order valence-electron chi connectivity index (χ3n) is 5.43. The maximum Gasteiger partial charge on any atom is 0.176 e. The van der Waals surface area contributed by atoms with Crippen LogP contribution in [0.1, 0.15) is 104 Å². The Morgan fingerprint density at radius 3 is 1.59 bits per heavy atom. The van der Waals surface area contributed by atoms with E-state index >= 15 is 0 Å². The van der Waals surface area contributed by atoms with Crippen LogP contribution in [0.4, 0.5) is 0 Å². The van der Waals surface area contributed by atoms with Crippen LogP contribution in [-0.2, 0) is 0 Å². The topological polar surface area (TPSA) is 23.8 Å². The van der Waals surface area contributed by atoms with Gasteiger partial charge in [-0.15, -0.1) is 0 Å². The molecule has 0 aromatic heterocycles. The van der Waals surface area contributed by atoms with E-state index in [1.54, 1.807) is 11.4 Å². The van der Waals surface area contributed by atoms with Gasteiger partial charge >= 0.3 is 0 Å². The Bertz CT molecular complexity index is 511. The largest absolute Gasteiger partial charge is 0.181 e. The number of hydrogen-bond acceptors (Lipinski definition) is 3. The molecule has 0 amide bonds. The minimum Gasteiger partial charge on any atom is -0.181 e. The molecule has 0 bridgehead atoms. The van der Waals surface area contributed by atoms with Crippen LogP contribution in [0.2, 0.25) is 0 Å². The molecule has 0 aliphatic carbocycles. The summed E-state index contributed by atoms with van der Waals surface area (Å²) in [5.74, 6) is 0. The smallest absolute Gasteiger partial charge is 0.176 e. The summed E-state index contributed by atoms with van der Waals surface area (Å²) < 4.78 is 0. The van der Waals surface area contributed by atoms with Crippen molar-refractivity contribution in [3.63, 3.8) is 0 Å². The van der Waals surface area contributed by atoms with Gasteiger partial charge in [0.05, 0.1) is 23.7 Å². The minimum atomic E-state index is -1.37. The van der Waals surface area contributed by atoms with Gasteiger partial charge in [-0.25, -0.2) is 0 Å². The van der Waals surface area contributed by atoms with Gasteiger partial charge in [-0.2, -0.15) is 5.26 Å². The summed E-state index contributed by atoms with van der Waals surface area (Å²) in [6.45, 7) is 4.56. The van der Waals surface area contributed by atoms with Gasteiger partial charge in [0.25, 0.3) is 0 Å². The van der Waals surface area contributed by atoms with Crippen LogP contribution in [0, 0.1) is 10.7 Å². The van der Waals surface area contributed by atoms with E-state index in [-0.39, 0.29) is 0 Å². The fourth-order valence-electron chi connectivity index (χ4n) is 3.68. The molecule has 1 nitrogen and oxygen atoms in total. The summed E-state index contributed by atoms with van der Waals surface area (Å²) in [5, 5.41) is 12.1. The lowest BCUT2D eigenvalue weighted by molar-refractivity contribution is 0.600. The third-order valence-corrected chi connectivity index (χ3v) is 15.1. The number of nitrogens with zero attached hydrogens (tertiary/aromatic N) is 1. The van der Waals surface area contributed by atoms with Gasteiger partial charge in [0.15, 0.2) is 11.1 Å². The van der Waals surface area contributed by atoms with Gasteiger partial charge in [0.2, 0.25) is 0 Å². The van der Waals surface area contributed by atoms with E-state index in [1.165, 1.54) is 107 Å². The molecule has 0 saturated carbocycles. The Balaban J connectivity index is 2.55. The lowest BCUT2D eigenvalue weighted by Gasteiger charge is -2.21. The number of nitriles is 1. The molecule has 0 atom stereocenters. The standard InChI is InChI=1S/C25H43NPS2/c1-3-5-7-9-11-13-18-22-27(28-24-26,29-25-20-16-15-17-21-25)23-19-14-12-10-8-6-4-2/h15-17,20-21H,3-14,18-19,22-23H2,1-2H3/q+1. The molecule has 0 unspecified atom stereocenters. The lowest BCUT2D eigenvalue weighted by atomic mass is 10.1. The van der Waals surface area contributed by atoms with Crippen LogP contribution >= 0.6 is 28.4 Å². The first kappa shape index (κ1) is 26.9. The SMILES string of the molecule is CCCCCCCCC[P+](CCCCCCCCC)(SC#N)Sc1ccccc1. The third kappa shape index (κ3) is 13.7. The van der Waals surface area contributed by atoms with Gasteiger partial charge in [-0.3, -0.25) is 0 Å². The molecule has 0 radical (unpaired) electrons. The van der Waals surface area contributed by atoms with Crippen LogP contribution in [-0.4, -0.2) is 12.3 Å². The monoisotopic (exact) mass is 452 g/mol. The summed E-state index contributed by atoms with van der Waals surface area (Å²) >= 11 is 3.70. The van der Waals surface area contributed by atoms with Crippen molar-refractivity contribution < 1.29 is 0 Å². The number of unbranched alkanes of at least 4 members (excludes halogenated alkanes) is 12. The van der Waals surface area contributed by atoms with Gasteiger partial charge < -0.3 is 0 Å². The van der Waals surface area contributed by atoms with E-state index in [9.17, 15) is 5.26 Å². The maximum absolute atomic E-state index is 9.61. The van der Waals surface area contributed by atoms with Crippen molar-refractivity contribution >= 4 is 28.4 Å². The molecule has 4 heteroatoms. The summed E-state index contributed by atoms with van der Waals surface area (Å²) in [5.41, 5.74) is -1.37. The number of rotatable bonds is 19. The molecule has 29 heavy (non-hydrogen) atoms. The second kappa shape index (κ2) is 18.6. The first-order chi connectivity index (χ1) is 14.3. The maximum atomic E-state index is 9.61. The van der Waals surface area contributed by atoms with Crippen molar-refractivity contribution in [2.45, 2.75) is 109 Å². The Morgan fingerprint density at radius 1 is 0.690 bits per heavy atom. The van der Waals surface area contributed by atoms with E-state index in [2.05, 4.69) is 61.0 Å². The van der Waals surface area contributed by atoms with Crippen molar-refractivity contribution in [3.8, 4) is 5.40 Å². The number of hydrogen-bond donors (Lipinski definition) is 0. The summed E-state index contributed by atoms with van der Waals surface area (Å²) in [7, 11) is 0. The molecule has 0 saturated heterocycles. The Morgan fingerprint density at radius 2 is 1.14 bits per heavy atom. The molecule has 0 aliphatic heterocycles. The molecular formula is C25H43NPS2+. The summed E-state index contributed by atoms with van der Waals surface area (Å²) in [6, 6.07) is 10.8. The zero-order chi connectivity index (χ0) is 21.0. The van der Waals surface area contributed by atoms with Crippen LogP contribution in [0.3, 0.4) is 0 Å². The molecule has 1 rings (SSSR count). The molecule has 0 heterocycles. The van der Waals surface area contributed by atoms with Crippen molar-refractivity contribution in [2.75, 3.05) is 12.3 Å². The Kier molecular flexibility index (Phi) is 17.2. The predicted molar refractivity (Wildman–Crippen MR) is 138 cm³/mol. The number of thiocyanates is 1. The highest BCUT2D eigenvalue weighted by Crippen LogP contribution is 2.81. The quantitative estimate of drug-likeness (QED) is 0.118. The van der Waals surface area contributed by atoms with Gasteiger partial charge in [-0.1, -0.05) is 96.3 Å². The van der Waals surface area contributed by atoms with Crippen molar-refractivity contribution in [3.05, 3.63) is 30.3 Å². The van der Waals surface area contributed by atoms with Crippen molar-refractivity contribution in [1.82, 2.24) is 0 Å². The molecule has 0 aliphatic rings. The fourth-order valence-corrected chi connectivity index (χ4v) is 12.7. The van der Waals surface area contributed by atoms with Crippen LogP contribution < -0.4 is 0 Å². The predicted octanol–water partition coefficient (Wildman–Crippen LogP) is 10.3. The van der Waals surface area contributed by atoms with Gasteiger partial charge in [-0.05, 0) is 37.8 Å². The van der Waals surface area contributed by atoms with E-state index in [1.807, 2.05) is 0 Å². The zero-order valence-electron chi connectivity index (χ0n) is 18.9. The van der Waals surface area contributed by atoms with Crippen molar-refractivity contribution in [2.24, 2.45) is 0 Å². The van der Waals surface area contributed by atoms with E-state index in [4.69, 9.17) is 0 Å². The van der Waals surface area contributed by atoms with Crippen LogP contribution in [0.25, 0.3) is 0 Å². The molecule has 0 spiro atoms. The van der Waals surface area contributed by atoms with Gasteiger partial charge in [0.1, 0.15) is 11.4 Å². The van der Waals surface area contributed by atoms with E-state index in [0.717, 1.165) is 0 Å². The fraction of sp³-hybridized carbons (Fsp3) is 0.720. The molecule has 164 valence electrons. The summed E-state index contributed by atoms with van der Waals surface area (Å²) in [6.07, 6.45) is 21.5. The van der Waals surface area contributed by atoms with E-state index in [0.29, 0.717) is 0 Å². The first-order valence-corrected chi connectivity index (χ1v) is 17.0. The second-order valence-electron chi connectivity index (χ2n) is 8.09. The lowest BCUT2D eigenvalue weighted by Crippen LogP contribution is -1.98. The number of benzene rings is 1. The highest BCUT2D eigenvalue weighted by molar-refractivity contribution is 8.95. The average molecular weight is 453 g/mol. The molecule has 0 N–H and O–H groups in total. The highest BCUT2D eigenvalue weighted by Gasteiger charge is 2.41. The van der Waals surface area contributed by atoms with Crippen molar-refractivity contribution in [1.29, 1.82) is 5.26 Å². The molecular weight excluding hydrogens is 409 g/mol. The summed E-state index contributed by atoms with van der Waals surface area (Å²) in [4.78, 5) is 1.36. The van der Waals surface area contributed by atoms with Gasteiger partial charge in [0, 0.05) is 4.90 Å². The highest BCUT2D eigenvalue weighted by atomic mass is 33.1. The molecule has 1 aromatic rings. The Hall–Kier alpha value is -0.160. The molecule has 0 fully saturated rings. The van der Waals surface area contributed by atoms with E-state index < -0.39 is 5.67 Å². The zero-order valence-corrected chi connectivity index (χ0v) is 21.4. The normalized spacial score (nSPS) is 11.5.